The number of nitrogens with zero attached hydrogens (tertiary/aromatic N) is 1. The largest absolute Gasteiger partial charge is 0.493 e. The van der Waals surface area contributed by atoms with Gasteiger partial charge in [0.05, 0.1) is 21.3 Å². The van der Waals surface area contributed by atoms with Crippen molar-refractivity contribution in [2.45, 2.75) is 13.5 Å². The van der Waals surface area contributed by atoms with Crippen LogP contribution in [0.25, 0.3) is 6.08 Å². The molecule has 1 heterocycles. The monoisotopic (exact) mass is 559 g/mol. The molecule has 162 valence electrons. The van der Waals surface area contributed by atoms with Gasteiger partial charge in [-0.15, -0.1) is 0 Å². The van der Waals surface area contributed by atoms with Crippen LogP contribution in [0.3, 0.4) is 0 Å². The second-order valence-corrected chi connectivity index (χ2v) is 8.69. The van der Waals surface area contributed by atoms with Gasteiger partial charge in [0, 0.05) is 0 Å². The minimum atomic E-state index is -0.534. The van der Waals surface area contributed by atoms with E-state index in [0.29, 0.717) is 28.7 Å². The lowest BCUT2D eigenvalue weighted by molar-refractivity contribution is -0.129. The molecule has 0 saturated heterocycles. The van der Waals surface area contributed by atoms with Crippen LogP contribution in [0.15, 0.2) is 71.4 Å². The van der Waals surface area contributed by atoms with Crippen molar-refractivity contribution >= 4 is 52.1 Å². The van der Waals surface area contributed by atoms with Crippen molar-refractivity contribution in [3.63, 3.8) is 0 Å². The van der Waals surface area contributed by atoms with Gasteiger partial charge in [-0.05, 0) is 71.0 Å². The minimum absolute atomic E-state index is 0.186. The summed E-state index contributed by atoms with van der Waals surface area (Å²) in [4.78, 5) is 16.7. The van der Waals surface area contributed by atoms with E-state index in [-0.39, 0.29) is 11.6 Å². The van der Waals surface area contributed by atoms with E-state index in [9.17, 15) is 4.79 Å². The molecule has 1 aliphatic heterocycles. The number of esters is 1. The van der Waals surface area contributed by atoms with E-state index in [1.165, 1.54) is 5.56 Å². The first-order chi connectivity index (χ1) is 15.4. The SMILES string of the molecule is COc1cc(/C=C2\N=C(c3ccccc3Cl)OC2=O)cc(I)c1OCc1ccc(C)cc1. The van der Waals surface area contributed by atoms with E-state index in [1.54, 1.807) is 37.5 Å². The van der Waals surface area contributed by atoms with Gasteiger partial charge >= 0.3 is 5.97 Å². The van der Waals surface area contributed by atoms with Crippen molar-refractivity contribution in [3.8, 4) is 11.5 Å². The fourth-order valence-corrected chi connectivity index (χ4v) is 4.12. The number of cyclic esters (lactones) is 1. The fraction of sp³-hybridized carbons (Fsp3) is 0.120. The Morgan fingerprint density at radius 2 is 1.88 bits per heavy atom. The summed E-state index contributed by atoms with van der Waals surface area (Å²) in [5.74, 6) is 0.864. The second-order valence-electron chi connectivity index (χ2n) is 7.12. The van der Waals surface area contributed by atoms with Gasteiger partial charge < -0.3 is 14.2 Å². The molecule has 5 nitrogen and oxygen atoms in total. The lowest BCUT2D eigenvalue weighted by Gasteiger charge is -2.14. The molecule has 0 saturated carbocycles. The standard InChI is InChI=1S/C25H19ClINO4/c1-15-7-9-16(10-8-15)14-31-23-20(27)11-17(13-22(23)30-2)12-21-25(29)32-24(28-21)18-5-3-4-6-19(18)26/h3-13H,14H2,1-2H3/b21-12-. The molecule has 32 heavy (non-hydrogen) atoms. The molecule has 0 fully saturated rings. The van der Waals surface area contributed by atoms with E-state index in [2.05, 4.69) is 27.6 Å². The minimum Gasteiger partial charge on any atom is -0.493 e. The Kier molecular flexibility index (Phi) is 6.81. The molecule has 0 radical (unpaired) electrons. The van der Waals surface area contributed by atoms with Crippen molar-refractivity contribution in [3.05, 3.63) is 97.2 Å². The summed E-state index contributed by atoms with van der Waals surface area (Å²) in [5, 5.41) is 0.464. The third-order valence-corrected chi connectivity index (χ3v) is 5.91. The zero-order valence-corrected chi connectivity index (χ0v) is 20.3. The van der Waals surface area contributed by atoms with E-state index in [4.69, 9.17) is 25.8 Å². The molecule has 0 atom stereocenters. The number of ether oxygens (including phenoxy) is 3. The molecule has 4 rings (SSSR count). The summed E-state index contributed by atoms with van der Waals surface area (Å²) in [7, 11) is 1.58. The average molecular weight is 560 g/mol. The van der Waals surface area contributed by atoms with Gasteiger partial charge in [-0.2, -0.15) is 0 Å². The molecule has 0 N–H and O–H groups in total. The first-order valence-electron chi connectivity index (χ1n) is 9.78. The van der Waals surface area contributed by atoms with Gasteiger partial charge in [0.15, 0.2) is 17.2 Å². The molecular weight excluding hydrogens is 541 g/mol. The van der Waals surface area contributed by atoms with E-state index < -0.39 is 5.97 Å². The van der Waals surface area contributed by atoms with Crippen molar-refractivity contribution < 1.29 is 19.0 Å². The molecule has 1 aliphatic rings. The zero-order chi connectivity index (χ0) is 22.7. The second kappa shape index (κ2) is 9.75. The number of carbonyl (C=O) groups is 1. The maximum atomic E-state index is 12.4. The van der Waals surface area contributed by atoms with Crippen LogP contribution in [0, 0.1) is 10.5 Å². The van der Waals surface area contributed by atoms with Gasteiger partial charge in [0.2, 0.25) is 5.90 Å². The third-order valence-electron chi connectivity index (χ3n) is 4.78. The highest BCUT2D eigenvalue weighted by molar-refractivity contribution is 14.1. The quantitative estimate of drug-likeness (QED) is 0.205. The summed E-state index contributed by atoms with van der Waals surface area (Å²) in [6, 6.07) is 19.0. The Bertz CT molecular complexity index is 1240. The summed E-state index contributed by atoms with van der Waals surface area (Å²) < 4.78 is 17.7. The molecule has 7 heteroatoms. The van der Waals surface area contributed by atoms with Gasteiger partial charge in [-0.25, -0.2) is 9.79 Å². The number of hydrogen-bond donors (Lipinski definition) is 0. The van der Waals surface area contributed by atoms with E-state index in [1.807, 2.05) is 43.3 Å². The summed E-state index contributed by atoms with van der Waals surface area (Å²) >= 11 is 8.39. The van der Waals surface area contributed by atoms with Crippen LogP contribution in [0.4, 0.5) is 0 Å². The lowest BCUT2D eigenvalue weighted by atomic mass is 10.1. The van der Waals surface area contributed by atoms with Gasteiger partial charge in [0.25, 0.3) is 0 Å². The molecule has 3 aromatic rings. The fourth-order valence-electron chi connectivity index (χ4n) is 3.12. The van der Waals surface area contributed by atoms with Crippen LogP contribution in [0.1, 0.15) is 22.3 Å². The molecule has 0 bridgehead atoms. The number of rotatable bonds is 6. The van der Waals surface area contributed by atoms with Crippen LogP contribution in [-0.2, 0) is 16.1 Å². The number of aliphatic imine (C=N–C) groups is 1. The first kappa shape index (κ1) is 22.4. The average Bonchev–Trinajstić information content (AvgIpc) is 3.14. The number of methoxy groups -OCH3 is 1. The van der Waals surface area contributed by atoms with Crippen LogP contribution in [0.2, 0.25) is 5.02 Å². The molecule has 0 aromatic heterocycles. The highest BCUT2D eigenvalue weighted by Gasteiger charge is 2.25. The number of hydrogen-bond acceptors (Lipinski definition) is 5. The molecule has 0 spiro atoms. The maximum Gasteiger partial charge on any atom is 0.363 e. The Labute approximate surface area is 204 Å². The zero-order valence-electron chi connectivity index (χ0n) is 17.4. The smallest absolute Gasteiger partial charge is 0.363 e. The number of benzene rings is 3. The van der Waals surface area contributed by atoms with E-state index in [0.717, 1.165) is 14.7 Å². The summed E-state index contributed by atoms with van der Waals surface area (Å²) in [6.07, 6.45) is 1.65. The lowest BCUT2D eigenvalue weighted by Crippen LogP contribution is -2.05. The van der Waals surface area contributed by atoms with E-state index >= 15 is 0 Å². The molecule has 0 unspecified atom stereocenters. The topological polar surface area (TPSA) is 57.1 Å². The summed E-state index contributed by atoms with van der Waals surface area (Å²) in [5.41, 5.74) is 3.76. The Morgan fingerprint density at radius 1 is 1.12 bits per heavy atom. The number of aryl methyl sites for hydroxylation is 1. The first-order valence-corrected chi connectivity index (χ1v) is 11.2. The van der Waals surface area contributed by atoms with Crippen molar-refractivity contribution in [1.82, 2.24) is 0 Å². The predicted octanol–water partition coefficient (Wildman–Crippen LogP) is 6.19. The van der Waals surface area contributed by atoms with Gasteiger partial charge in [0.1, 0.15) is 6.61 Å². The molecule has 0 aliphatic carbocycles. The van der Waals surface area contributed by atoms with Crippen molar-refractivity contribution in [1.29, 1.82) is 0 Å². The Hall–Kier alpha value is -2.84. The van der Waals surface area contributed by atoms with Gasteiger partial charge in [-0.3, -0.25) is 0 Å². The molecule has 3 aromatic carbocycles. The summed E-state index contributed by atoms with van der Waals surface area (Å²) in [6.45, 7) is 2.47. The highest BCUT2D eigenvalue weighted by atomic mass is 127. The van der Waals surface area contributed by atoms with Crippen LogP contribution in [0.5, 0.6) is 11.5 Å². The van der Waals surface area contributed by atoms with Gasteiger partial charge in [-0.1, -0.05) is 53.6 Å². The molecule has 0 amide bonds. The normalized spacial score (nSPS) is 14.3. The van der Waals surface area contributed by atoms with Crippen LogP contribution in [-0.4, -0.2) is 19.0 Å². The number of carbonyl (C=O) groups excluding carboxylic acids is 1. The van der Waals surface area contributed by atoms with Crippen LogP contribution < -0.4 is 9.47 Å². The predicted molar refractivity (Wildman–Crippen MR) is 133 cm³/mol. The third kappa shape index (κ3) is 4.97. The number of halogens is 2. The molecular formula is C25H19ClINO4. The van der Waals surface area contributed by atoms with Crippen molar-refractivity contribution in [2.75, 3.05) is 7.11 Å². The van der Waals surface area contributed by atoms with Crippen LogP contribution >= 0.6 is 34.2 Å². The Morgan fingerprint density at radius 3 is 2.59 bits per heavy atom. The Balaban J connectivity index is 1.59. The van der Waals surface area contributed by atoms with Crippen molar-refractivity contribution in [2.24, 2.45) is 4.99 Å². The maximum absolute atomic E-state index is 12.4. The highest BCUT2D eigenvalue weighted by Crippen LogP contribution is 2.35.